The van der Waals surface area contributed by atoms with E-state index in [1.54, 1.807) is 0 Å². The molecule has 2 nitrogen and oxygen atoms in total. The van der Waals surface area contributed by atoms with Gasteiger partial charge in [0.25, 0.3) is 0 Å². The smallest absolute Gasteiger partial charge is 0.0592 e. The summed E-state index contributed by atoms with van der Waals surface area (Å²) in [6.45, 7) is 7.31. The largest absolute Gasteiger partial charge is 0.306 e. The van der Waals surface area contributed by atoms with Crippen molar-refractivity contribution < 1.29 is 0 Å². The van der Waals surface area contributed by atoms with E-state index < -0.39 is 0 Å². The number of hydrogen-bond acceptors (Lipinski definition) is 2. The van der Waals surface area contributed by atoms with Gasteiger partial charge in [-0.05, 0) is 48.7 Å². The third kappa shape index (κ3) is 3.23. The van der Waals surface area contributed by atoms with E-state index >= 15 is 0 Å². The van der Waals surface area contributed by atoms with Crippen molar-refractivity contribution >= 4 is 15.9 Å². The highest BCUT2D eigenvalue weighted by atomic mass is 79.9. The number of hydrogen-bond donors (Lipinski definition) is 1. The number of aromatic nitrogens is 1. The molecule has 0 fully saturated rings. The van der Waals surface area contributed by atoms with E-state index in [4.69, 9.17) is 0 Å². The molecule has 2 rings (SSSR count). The lowest BCUT2D eigenvalue weighted by molar-refractivity contribution is 0.628. The Bertz CT molecular complexity index is 529. The van der Waals surface area contributed by atoms with E-state index in [1.165, 1.54) is 26.7 Å². The van der Waals surface area contributed by atoms with E-state index in [9.17, 15) is 0 Å². The second kappa shape index (κ2) is 6.31. The van der Waals surface area contributed by atoms with Crippen molar-refractivity contribution in [3.8, 4) is 0 Å². The predicted molar refractivity (Wildman–Crippen MR) is 83.4 cm³/mol. The Kier molecular flexibility index (Phi) is 4.72. The SMILES string of the molecule is CCNC(c1cccnc1)c1cc(C)c(Br)c(C)c1. The zero-order valence-electron chi connectivity index (χ0n) is 11.6. The zero-order valence-corrected chi connectivity index (χ0v) is 13.2. The second-order valence-electron chi connectivity index (χ2n) is 4.75. The first-order valence-electron chi connectivity index (χ1n) is 6.53. The van der Waals surface area contributed by atoms with Gasteiger partial charge in [0.1, 0.15) is 0 Å². The molecule has 0 saturated heterocycles. The molecule has 19 heavy (non-hydrogen) atoms. The molecule has 1 N–H and O–H groups in total. The molecule has 0 aliphatic rings. The molecule has 1 heterocycles. The van der Waals surface area contributed by atoms with Crippen LogP contribution in [0.3, 0.4) is 0 Å². The summed E-state index contributed by atoms with van der Waals surface area (Å²) in [5, 5.41) is 3.53. The van der Waals surface area contributed by atoms with Crippen LogP contribution in [0.4, 0.5) is 0 Å². The number of nitrogens with one attached hydrogen (secondary N) is 1. The van der Waals surface area contributed by atoms with Gasteiger partial charge in [-0.2, -0.15) is 0 Å². The fourth-order valence-corrected chi connectivity index (χ4v) is 2.55. The normalized spacial score (nSPS) is 12.4. The van der Waals surface area contributed by atoms with E-state index in [0.29, 0.717) is 0 Å². The van der Waals surface area contributed by atoms with Crippen molar-refractivity contribution in [2.24, 2.45) is 0 Å². The Morgan fingerprint density at radius 2 is 1.89 bits per heavy atom. The Morgan fingerprint density at radius 1 is 1.21 bits per heavy atom. The summed E-state index contributed by atoms with van der Waals surface area (Å²) >= 11 is 3.62. The van der Waals surface area contributed by atoms with Gasteiger partial charge in [-0.15, -0.1) is 0 Å². The minimum absolute atomic E-state index is 0.198. The Morgan fingerprint density at radius 3 is 2.42 bits per heavy atom. The molecule has 0 amide bonds. The van der Waals surface area contributed by atoms with Crippen LogP contribution in [-0.4, -0.2) is 11.5 Å². The molecule has 100 valence electrons. The number of aryl methyl sites for hydroxylation is 2. The summed E-state index contributed by atoms with van der Waals surface area (Å²) < 4.78 is 1.19. The Balaban J connectivity index is 2.45. The number of nitrogens with zero attached hydrogens (tertiary/aromatic N) is 1. The molecule has 1 aromatic carbocycles. The van der Waals surface area contributed by atoms with Crippen molar-refractivity contribution in [2.75, 3.05) is 6.54 Å². The van der Waals surface area contributed by atoms with Crippen molar-refractivity contribution in [1.29, 1.82) is 0 Å². The van der Waals surface area contributed by atoms with Crippen molar-refractivity contribution in [2.45, 2.75) is 26.8 Å². The zero-order chi connectivity index (χ0) is 13.8. The third-order valence-corrected chi connectivity index (χ3v) is 4.47. The van der Waals surface area contributed by atoms with Crippen LogP contribution in [0.25, 0.3) is 0 Å². The lowest BCUT2D eigenvalue weighted by Crippen LogP contribution is -2.22. The monoisotopic (exact) mass is 318 g/mol. The average molecular weight is 319 g/mol. The molecule has 1 aromatic heterocycles. The number of pyridine rings is 1. The predicted octanol–water partition coefficient (Wildman–Crippen LogP) is 4.16. The van der Waals surface area contributed by atoms with Crippen molar-refractivity contribution in [3.63, 3.8) is 0 Å². The van der Waals surface area contributed by atoms with Crippen LogP contribution >= 0.6 is 15.9 Å². The molecule has 0 aliphatic carbocycles. The number of benzene rings is 1. The highest BCUT2D eigenvalue weighted by molar-refractivity contribution is 9.10. The number of halogens is 1. The van der Waals surface area contributed by atoms with E-state index in [2.05, 4.69) is 65.2 Å². The summed E-state index contributed by atoms with van der Waals surface area (Å²) in [6, 6.07) is 8.77. The summed E-state index contributed by atoms with van der Waals surface area (Å²) in [7, 11) is 0. The molecule has 1 atom stereocenters. The van der Waals surface area contributed by atoms with E-state index in [1.807, 2.05) is 18.5 Å². The van der Waals surface area contributed by atoms with Crippen LogP contribution < -0.4 is 5.32 Å². The lowest BCUT2D eigenvalue weighted by Gasteiger charge is -2.20. The summed E-state index contributed by atoms with van der Waals surface area (Å²) in [4.78, 5) is 4.23. The highest BCUT2D eigenvalue weighted by Crippen LogP contribution is 2.28. The maximum Gasteiger partial charge on any atom is 0.0592 e. The Hall–Kier alpha value is -1.19. The first-order chi connectivity index (χ1) is 9.13. The van der Waals surface area contributed by atoms with Gasteiger partial charge in [0, 0.05) is 16.9 Å². The minimum Gasteiger partial charge on any atom is -0.306 e. The lowest BCUT2D eigenvalue weighted by atomic mass is 9.96. The molecule has 0 aliphatic heterocycles. The maximum atomic E-state index is 4.23. The van der Waals surface area contributed by atoms with Gasteiger partial charge in [-0.25, -0.2) is 0 Å². The topological polar surface area (TPSA) is 24.9 Å². The molecule has 1 unspecified atom stereocenters. The van der Waals surface area contributed by atoms with Gasteiger partial charge in [0.15, 0.2) is 0 Å². The average Bonchev–Trinajstić information content (AvgIpc) is 2.42. The molecular formula is C16H19BrN2. The molecule has 2 aromatic rings. The van der Waals surface area contributed by atoms with Crippen LogP contribution in [0.5, 0.6) is 0 Å². The standard InChI is InChI=1S/C16H19BrN2/c1-4-19-16(13-6-5-7-18-10-13)14-8-11(2)15(17)12(3)9-14/h5-10,16,19H,4H2,1-3H3. The molecule has 0 bridgehead atoms. The number of rotatable bonds is 4. The summed E-state index contributed by atoms with van der Waals surface area (Å²) in [5.41, 5.74) is 5.02. The maximum absolute atomic E-state index is 4.23. The Labute approximate surface area is 123 Å². The van der Waals surface area contributed by atoms with Crippen LogP contribution in [0.15, 0.2) is 41.1 Å². The first-order valence-corrected chi connectivity index (χ1v) is 7.32. The summed E-state index contributed by atoms with van der Waals surface area (Å²) in [6.07, 6.45) is 3.74. The van der Waals surface area contributed by atoms with Crippen LogP contribution in [0, 0.1) is 13.8 Å². The van der Waals surface area contributed by atoms with Crippen LogP contribution in [0.1, 0.15) is 35.2 Å². The van der Waals surface area contributed by atoms with Crippen LogP contribution in [0.2, 0.25) is 0 Å². The molecule has 0 saturated carbocycles. The molecular weight excluding hydrogens is 300 g/mol. The first kappa shape index (κ1) is 14.2. The van der Waals surface area contributed by atoms with E-state index in [0.717, 1.165) is 6.54 Å². The summed E-state index contributed by atoms with van der Waals surface area (Å²) in [5.74, 6) is 0. The highest BCUT2D eigenvalue weighted by Gasteiger charge is 2.14. The minimum atomic E-state index is 0.198. The van der Waals surface area contributed by atoms with Gasteiger partial charge in [0.05, 0.1) is 6.04 Å². The van der Waals surface area contributed by atoms with Gasteiger partial charge < -0.3 is 5.32 Å². The van der Waals surface area contributed by atoms with Crippen LogP contribution in [-0.2, 0) is 0 Å². The second-order valence-corrected chi connectivity index (χ2v) is 5.54. The van der Waals surface area contributed by atoms with E-state index in [-0.39, 0.29) is 6.04 Å². The molecule has 0 spiro atoms. The fraction of sp³-hybridized carbons (Fsp3) is 0.312. The molecule has 3 heteroatoms. The van der Waals surface area contributed by atoms with Gasteiger partial charge in [0.2, 0.25) is 0 Å². The fourth-order valence-electron chi connectivity index (χ4n) is 2.33. The quantitative estimate of drug-likeness (QED) is 0.915. The third-order valence-electron chi connectivity index (χ3n) is 3.22. The molecule has 0 radical (unpaired) electrons. The van der Waals surface area contributed by atoms with Crippen molar-refractivity contribution in [1.82, 2.24) is 10.3 Å². The van der Waals surface area contributed by atoms with Gasteiger partial charge in [-0.3, -0.25) is 4.98 Å². The van der Waals surface area contributed by atoms with Gasteiger partial charge >= 0.3 is 0 Å². The van der Waals surface area contributed by atoms with Crippen molar-refractivity contribution in [3.05, 3.63) is 63.4 Å². The van der Waals surface area contributed by atoms with Gasteiger partial charge in [-0.1, -0.05) is 41.1 Å².